The molecule has 0 saturated heterocycles. The zero-order valence-corrected chi connectivity index (χ0v) is 13.4. The van der Waals surface area contributed by atoms with Crippen molar-refractivity contribution in [3.05, 3.63) is 52.2 Å². The highest BCUT2D eigenvalue weighted by Gasteiger charge is 2.16. The van der Waals surface area contributed by atoms with Crippen LogP contribution in [0.25, 0.3) is 0 Å². The number of ether oxygens (including phenoxy) is 1. The molecule has 1 heterocycles. The molecule has 0 aliphatic heterocycles. The SMILES string of the molecule is COCc1cc(=O)[nH]c(SC(C)C(=O)Nc2ccc(F)cc2)n1. The van der Waals surface area contributed by atoms with Gasteiger partial charge in [-0.15, -0.1) is 0 Å². The fourth-order valence-electron chi connectivity index (χ4n) is 1.76. The van der Waals surface area contributed by atoms with Gasteiger partial charge in [-0.2, -0.15) is 0 Å². The zero-order chi connectivity index (χ0) is 16.8. The molecule has 1 unspecified atom stereocenters. The third-order valence-corrected chi connectivity index (χ3v) is 3.82. The third-order valence-electron chi connectivity index (χ3n) is 2.83. The number of amides is 1. The average molecular weight is 337 g/mol. The molecule has 0 fully saturated rings. The summed E-state index contributed by atoms with van der Waals surface area (Å²) in [6.07, 6.45) is 0. The first-order chi connectivity index (χ1) is 11.0. The standard InChI is InChI=1S/C15H16FN3O3S/c1-9(14(21)17-11-5-3-10(16)4-6-11)23-15-18-12(8-22-2)7-13(20)19-15/h3-7,9H,8H2,1-2H3,(H,17,21)(H,18,19,20). The van der Waals surface area contributed by atoms with E-state index in [0.29, 0.717) is 16.5 Å². The van der Waals surface area contributed by atoms with Crippen molar-refractivity contribution in [1.29, 1.82) is 0 Å². The van der Waals surface area contributed by atoms with Gasteiger partial charge in [-0.05, 0) is 31.2 Å². The number of carbonyl (C=O) groups is 1. The van der Waals surface area contributed by atoms with Crippen LogP contribution in [0.1, 0.15) is 12.6 Å². The van der Waals surface area contributed by atoms with E-state index in [1.165, 1.54) is 37.4 Å². The highest BCUT2D eigenvalue weighted by atomic mass is 32.2. The van der Waals surface area contributed by atoms with Crippen molar-refractivity contribution < 1.29 is 13.9 Å². The summed E-state index contributed by atoms with van der Waals surface area (Å²) in [4.78, 5) is 30.5. The van der Waals surface area contributed by atoms with Crippen molar-refractivity contribution in [1.82, 2.24) is 9.97 Å². The second-order valence-corrected chi connectivity index (χ2v) is 6.06. The second-order valence-electron chi connectivity index (χ2n) is 4.73. The minimum absolute atomic E-state index is 0.216. The molecule has 8 heteroatoms. The Balaban J connectivity index is 2.03. The molecule has 2 aromatic rings. The number of benzene rings is 1. The molecular weight excluding hydrogens is 321 g/mol. The fraction of sp³-hybridized carbons (Fsp3) is 0.267. The van der Waals surface area contributed by atoms with Crippen LogP contribution >= 0.6 is 11.8 Å². The summed E-state index contributed by atoms with van der Waals surface area (Å²) in [5.41, 5.74) is 0.684. The lowest BCUT2D eigenvalue weighted by Crippen LogP contribution is -2.23. The van der Waals surface area contributed by atoms with Crippen molar-refractivity contribution in [2.24, 2.45) is 0 Å². The number of rotatable bonds is 6. The van der Waals surface area contributed by atoms with Crippen molar-refractivity contribution in [3.63, 3.8) is 0 Å². The Morgan fingerprint density at radius 2 is 2.13 bits per heavy atom. The number of hydrogen-bond acceptors (Lipinski definition) is 5. The largest absolute Gasteiger partial charge is 0.378 e. The number of thioether (sulfide) groups is 1. The molecule has 0 radical (unpaired) electrons. The van der Waals surface area contributed by atoms with Crippen LogP contribution in [0.4, 0.5) is 10.1 Å². The molecule has 0 aliphatic rings. The molecule has 6 nitrogen and oxygen atoms in total. The monoisotopic (exact) mass is 337 g/mol. The predicted molar refractivity (Wildman–Crippen MR) is 85.9 cm³/mol. The number of aromatic nitrogens is 2. The van der Waals surface area contributed by atoms with Gasteiger partial charge in [0.05, 0.1) is 17.6 Å². The maximum absolute atomic E-state index is 12.8. The molecule has 122 valence electrons. The van der Waals surface area contributed by atoms with Crippen molar-refractivity contribution in [2.45, 2.75) is 23.9 Å². The van der Waals surface area contributed by atoms with Crippen LogP contribution in [0.5, 0.6) is 0 Å². The van der Waals surface area contributed by atoms with Crippen molar-refractivity contribution >= 4 is 23.4 Å². The number of nitrogens with zero attached hydrogens (tertiary/aromatic N) is 1. The summed E-state index contributed by atoms with van der Waals surface area (Å²) in [5.74, 6) is -0.649. The van der Waals surface area contributed by atoms with Gasteiger partial charge in [0.1, 0.15) is 5.82 Å². The molecule has 0 saturated carbocycles. The molecular formula is C15H16FN3O3S. The van der Waals surface area contributed by atoms with Crippen molar-refractivity contribution in [3.8, 4) is 0 Å². The molecule has 0 aliphatic carbocycles. The lowest BCUT2D eigenvalue weighted by Gasteiger charge is -2.11. The molecule has 0 bridgehead atoms. The summed E-state index contributed by atoms with van der Waals surface area (Å²) in [6, 6.07) is 6.83. The Morgan fingerprint density at radius 1 is 1.43 bits per heavy atom. The number of methoxy groups -OCH3 is 1. The summed E-state index contributed by atoms with van der Waals surface area (Å²) >= 11 is 1.12. The lowest BCUT2D eigenvalue weighted by molar-refractivity contribution is -0.115. The quantitative estimate of drug-likeness (QED) is 0.623. The maximum Gasteiger partial charge on any atom is 0.251 e. The minimum Gasteiger partial charge on any atom is -0.378 e. The second kappa shape index (κ2) is 7.89. The number of halogens is 1. The van der Waals surface area contributed by atoms with Crippen LogP contribution < -0.4 is 10.9 Å². The van der Waals surface area contributed by atoms with Gasteiger partial charge in [0.25, 0.3) is 5.56 Å². The normalized spacial score (nSPS) is 12.0. The van der Waals surface area contributed by atoms with Gasteiger partial charge >= 0.3 is 0 Å². The fourth-order valence-corrected chi connectivity index (χ4v) is 2.59. The number of carbonyl (C=O) groups excluding carboxylic acids is 1. The van der Waals surface area contributed by atoms with E-state index >= 15 is 0 Å². The molecule has 1 aromatic heterocycles. The minimum atomic E-state index is -0.499. The topological polar surface area (TPSA) is 84.1 Å². The van der Waals surface area contributed by atoms with E-state index in [0.717, 1.165) is 11.8 Å². The number of hydrogen-bond donors (Lipinski definition) is 2. The molecule has 1 amide bonds. The molecule has 23 heavy (non-hydrogen) atoms. The van der Waals surface area contributed by atoms with Crippen LogP contribution in [-0.4, -0.2) is 28.2 Å². The predicted octanol–water partition coefficient (Wildman–Crippen LogP) is 2.17. The van der Waals surface area contributed by atoms with E-state index in [1.54, 1.807) is 6.92 Å². The van der Waals surface area contributed by atoms with Gasteiger partial charge in [0.2, 0.25) is 5.91 Å². The van der Waals surface area contributed by atoms with Crippen LogP contribution in [0.2, 0.25) is 0 Å². The first kappa shape index (κ1) is 17.2. The third kappa shape index (κ3) is 5.19. The highest BCUT2D eigenvalue weighted by Crippen LogP contribution is 2.20. The zero-order valence-electron chi connectivity index (χ0n) is 12.6. The number of aromatic amines is 1. The molecule has 1 aromatic carbocycles. The summed E-state index contributed by atoms with van der Waals surface area (Å²) in [5, 5.41) is 2.51. The first-order valence-corrected chi connectivity index (χ1v) is 7.68. The Labute approximate surface area is 136 Å². The van der Waals surface area contributed by atoms with Crippen LogP contribution in [0.15, 0.2) is 40.3 Å². The van der Waals surface area contributed by atoms with Gasteiger partial charge in [0.15, 0.2) is 5.16 Å². The van der Waals surface area contributed by atoms with E-state index in [-0.39, 0.29) is 23.9 Å². The van der Waals surface area contributed by atoms with Gasteiger partial charge in [-0.3, -0.25) is 9.59 Å². The van der Waals surface area contributed by atoms with Crippen molar-refractivity contribution in [2.75, 3.05) is 12.4 Å². The first-order valence-electron chi connectivity index (χ1n) is 6.80. The van der Waals surface area contributed by atoms with Gasteiger partial charge < -0.3 is 15.0 Å². The summed E-state index contributed by atoms with van der Waals surface area (Å²) < 4.78 is 17.8. The van der Waals surface area contributed by atoms with E-state index < -0.39 is 5.25 Å². The Hall–Kier alpha value is -2.19. The molecule has 0 spiro atoms. The lowest BCUT2D eigenvalue weighted by atomic mass is 10.3. The Morgan fingerprint density at radius 3 is 2.78 bits per heavy atom. The number of H-pyrrole nitrogens is 1. The Bertz CT molecular complexity index is 733. The summed E-state index contributed by atoms with van der Waals surface area (Å²) in [6.45, 7) is 1.90. The van der Waals surface area contributed by atoms with Gasteiger partial charge in [-0.1, -0.05) is 11.8 Å². The number of anilines is 1. The van der Waals surface area contributed by atoms with E-state index in [1.807, 2.05) is 0 Å². The van der Waals surface area contributed by atoms with Crippen LogP contribution in [-0.2, 0) is 16.1 Å². The Kier molecular flexibility index (Phi) is 5.89. The highest BCUT2D eigenvalue weighted by molar-refractivity contribution is 8.00. The van der Waals surface area contributed by atoms with Crippen LogP contribution in [0, 0.1) is 5.82 Å². The molecule has 2 N–H and O–H groups in total. The van der Waals surface area contributed by atoms with E-state index in [2.05, 4.69) is 15.3 Å². The maximum atomic E-state index is 12.8. The molecule has 1 atom stereocenters. The smallest absolute Gasteiger partial charge is 0.251 e. The van der Waals surface area contributed by atoms with Gasteiger partial charge in [-0.25, -0.2) is 9.37 Å². The van der Waals surface area contributed by atoms with Gasteiger partial charge in [0, 0.05) is 18.9 Å². The van der Waals surface area contributed by atoms with E-state index in [4.69, 9.17) is 4.74 Å². The molecule has 2 rings (SSSR count). The van der Waals surface area contributed by atoms with Crippen LogP contribution in [0.3, 0.4) is 0 Å². The summed E-state index contributed by atoms with van der Waals surface area (Å²) in [7, 11) is 1.51. The number of nitrogens with one attached hydrogen (secondary N) is 2. The average Bonchev–Trinajstić information content (AvgIpc) is 2.49. The van der Waals surface area contributed by atoms with E-state index in [9.17, 15) is 14.0 Å².